The number of hydrogen-bond donors (Lipinski definition) is 0. The molecule has 0 amide bonds. The Morgan fingerprint density at radius 1 is 1.31 bits per heavy atom. The lowest BCUT2D eigenvalue weighted by Gasteiger charge is -1.93. The summed E-state index contributed by atoms with van der Waals surface area (Å²) in [4.78, 5) is 3.95. The second-order valence-electron chi connectivity index (χ2n) is 2.25. The summed E-state index contributed by atoms with van der Waals surface area (Å²) in [6.07, 6.45) is 3.29. The molecule has 66 valence electrons. The van der Waals surface area contributed by atoms with Gasteiger partial charge in [-0.2, -0.15) is 0 Å². The quantitative estimate of drug-likeness (QED) is 0.790. The van der Waals surface area contributed by atoms with Gasteiger partial charge in [0.2, 0.25) is 0 Å². The fourth-order valence-corrected chi connectivity index (χ4v) is 1.33. The molecule has 0 fully saturated rings. The van der Waals surface area contributed by atoms with E-state index in [4.69, 9.17) is 16.0 Å². The minimum atomic E-state index is 0.0231. The van der Waals surface area contributed by atoms with Crippen molar-refractivity contribution in [2.24, 2.45) is 0 Å². The van der Waals surface area contributed by atoms with E-state index in [2.05, 4.69) is 31.1 Å². The molecule has 2 aromatic heterocycles. The second kappa shape index (κ2) is 3.43. The van der Waals surface area contributed by atoms with Gasteiger partial charge < -0.3 is 4.42 Å². The van der Waals surface area contributed by atoms with E-state index in [1.807, 2.05) is 6.07 Å². The molecule has 0 aliphatic carbocycles. The molecule has 0 aliphatic heterocycles. The van der Waals surface area contributed by atoms with Crippen molar-refractivity contribution in [1.29, 1.82) is 0 Å². The van der Waals surface area contributed by atoms with Crippen molar-refractivity contribution in [2.75, 3.05) is 0 Å². The van der Waals surface area contributed by atoms with Crippen molar-refractivity contribution < 1.29 is 4.42 Å². The van der Waals surface area contributed by atoms with Crippen LogP contribution in [0, 0.1) is 0 Å². The van der Waals surface area contributed by atoms with Crippen molar-refractivity contribution in [3.05, 3.63) is 28.3 Å². The van der Waals surface area contributed by atoms with Gasteiger partial charge in [0.25, 0.3) is 5.89 Å². The third-order valence-corrected chi connectivity index (χ3v) is 1.94. The number of nitrogens with zero attached hydrogens (tertiary/aromatic N) is 3. The maximum atomic E-state index is 5.48. The van der Waals surface area contributed by atoms with Crippen LogP contribution in [-0.2, 0) is 0 Å². The molecular formula is C7H3BrClN3O. The predicted octanol–water partition coefficient (Wildman–Crippen LogP) is 2.55. The van der Waals surface area contributed by atoms with E-state index >= 15 is 0 Å². The van der Waals surface area contributed by atoms with Crippen molar-refractivity contribution in [3.63, 3.8) is 0 Å². The van der Waals surface area contributed by atoms with E-state index in [-0.39, 0.29) is 5.35 Å². The van der Waals surface area contributed by atoms with Crippen LogP contribution in [0.3, 0.4) is 0 Å². The Bertz CT molecular complexity index is 431. The molecule has 0 saturated heterocycles. The van der Waals surface area contributed by atoms with Crippen LogP contribution in [0.2, 0.25) is 5.35 Å². The predicted molar refractivity (Wildman–Crippen MR) is 50.2 cm³/mol. The second-order valence-corrected chi connectivity index (χ2v) is 3.49. The Morgan fingerprint density at radius 3 is 2.77 bits per heavy atom. The highest BCUT2D eigenvalue weighted by molar-refractivity contribution is 9.10. The first-order valence-electron chi connectivity index (χ1n) is 3.35. The molecule has 0 N–H and O–H groups in total. The summed E-state index contributed by atoms with van der Waals surface area (Å²) in [7, 11) is 0. The molecule has 0 atom stereocenters. The van der Waals surface area contributed by atoms with Crippen LogP contribution in [0.15, 0.2) is 27.3 Å². The minimum absolute atomic E-state index is 0.0231. The Balaban J connectivity index is 2.46. The van der Waals surface area contributed by atoms with Crippen LogP contribution in [0.1, 0.15) is 0 Å². The van der Waals surface area contributed by atoms with Crippen molar-refractivity contribution >= 4 is 27.5 Å². The van der Waals surface area contributed by atoms with Crippen LogP contribution in [0.25, 0.3) is 11.5 Å². The molecular weight excluding hydrogens is 257 g/mol. The summed E-state index contributed by atoms with van der Waals surface area (Å²) < 4.78 is 5.85. The molecule has 2 rings (SSSR count). The monoisotopic (exact) mass is 259 g/mol. The Labute approximate surface area is 87.1 Å². The van der Waals surface area contributed by atoms with Gasteiger partial charge in [0.1, 0.15) is 0 Å². The van der Waals surface area contributed by atoms with E-state index in [1.54, 1.807) is 12.4 Å². The zero-order chi connectivity index (χ0) is 9.26. The summed E-state index contributed by atoms with van der Waals surface area (Å²) in [5.41, 5.74) is 0.730. The lowest BCUT2D eigenvalue weighted by Crippen LogP contribution is -1.79. The minimum Gasteiger partial charge on any atom is -0.407 e. The molecule has 2 heterocycles. The first-order valence-corrected chi connectivity index (χ1v) is 4.53. The third-order valence-electron chi connectivity index (χ3n) is 1.35. The van der Waals surface area contributed by atoms with Crippen LogP contribution in [-0.4, -0.2) is 15.2 Å². The summed E-state index contributed by atoms with van der Waals surface area (Å²) in [6.45, 7) is 0. The SMILES string of the molecule is Clc1nnc(-c2cncc(Br)c2)o1. The summed E-state index contributed by atoms with van der Waals surface area (Å²) in [6, 6.07) is 1.82. The summed E-state index contributed by atoms with van der Waals surface area (Å²) in [5, 5.41) is 7.27. The average molecular weight is 260 g/mol. The zero-order valence-electron chi connectivity index (χ0n) is 6.24. The molecule has 4 nitrogen and oxygen atoms in total. The fourth-order valence-electron chi connectivity index (χ4n) is 0.851. The van der Waals surface area contributed by atoms with Gasteiger partial charge in [0, 0.05) is 16.9 Å². The largest absolute Gasteiger partial charge is 0.407 e. The fraction of sp³-hybridized carbons (Fsp3) is 0. The molecule has 0 saturated carbocycles. The van der Waals surface area contributed by atoms with Gasteiger partial charge in [-0.05, 0) is 33.6 Å². The molecule has 0 bridgehead atoms. The lowest BCUT2D eigenvalue weighted by atomic mass is 10.3. The maximum absolute atomic E-state index is 5.48. The van der Waals surface area contributed by atoms with Gasteiger partial charge in [-0.1, -0.05) is 5.10 Å². The molecule has 0 unspecified atom stereocenters. The van der Waals surface area contributed by atoms with Crippen LogP contribution in [0.5, 0.6) is 0 Å². The number of halogens is 2. The highest BCUT2D eigenvalue weighted by atomic mass is 79.9. The molecule has 0 aliphatic rings. The zero-order valence-corrected chi connectivity index (χ0v) is 8.58. The van der Waals surface area contributed by atoms with Gasteiger partial charge >= 0.3 is 5.35 Å². The Morgan fingerprint density at radius 2 is 2.15 bits per heavy atom. The summed E-state index contributed by atoms with van der Waals surface area (Å²) >= 11 is 8.76. The van der Waals surface area contributed by atoms with Gasteiger partial charge in [-0.3, -0.25) is 4.98 Å². The number of aromatic nitrogens is 3. The Kier molecular flexibility index (Phi) is 2.28. The Hall–Kier alpha value is -0.940. The highest BCUT2D eigenvalue weighted by Crippen LogP contribution is 2.21. The molecule has 6 heteroatoms. The first-order chi connectivity index (χ1) is 6.25. The molecule has 0 radical (unpaired) electrons. The van der Waals surface area contributed by atoms with Crippen LogP contribution in [0.4, 0.5) is 0 Å². The van der Waals surface area contributed by atoms with Crippen LogP contribution < -0.4 is 0 Å². The smallest absolute Gasteiger partial charge is 0.313 e. The summed E-state index contributed by atoms with van der Waals surface area (Å²) in [5.74, 6) is 0.360. The number of pyridine rings is 1. The molecule has 2 aromatic rings. The number of rotatable bonds is 1. The normalized spacial score (nSPS) is 10.3. The maximum Gasteiger partial charge on any atom is 0.313 e. The standard InChI is InChI=1S/C7H3BrClN3O/c8-5-1-4(2-10-3-5)6-11-12-7(9)13-6/h1-3H. The van der Waals surface area contributed by atoms with Gasteiger partial charge in [-0.25, -0.2) is 0 Å². The van der Waals surface area contributed by atoms with Crippen molar-refractivity contribution in [1.82, 2.24) is 15.2 Å². The van der Waals surface area contributed by atoms with Crippen molar-refractivity contribution in [3.8, 4) is 11.5 Å². The van der Waals surface area contributed by atoms with E-state index in [1.165, 1.54) is 0 Å². The topological polar surface area (TPSA) is 51.8 Å². The van der Waals surface area contributed by atoms with Gasteiger partial charge in [-0.15, -0.1) is 5.10 Å². The van der Waals surface area contributed by atoms with E-state index in [0.717, 1.165) is 10.0 Å². The average Bonchev–Trinajstić information content (AvgIpc) is 2.52. The highest BCUT2D eigenvalue weighted by Gasteiger charge is 2.06. The van der Waals surface area contributed by atoms with E-state index in [9.17, 15) is 0 Å². The third kappa shape index (κ3) is 1.87. The molecule has 0 spiro atoms. The van der Waals surface area contributed by atoms with Crippen molar-refractivity contribution in [2.45, 2.75) is 0 Å². The molecule has 13 heavy (non-hydrogen) atoms. The first kappa shape index (κ1) is 8.65. The van der Waals surface area contributed by atoms with Gasteiger partial charge in [0.15, 0.2) is 0 Å². The van der Waals surface area contributed by atoms with Gasteiger partial charge in [0.05, 0.1) is 5.56 Å². The molecule has 0 aromatic carbocycles. The lowest BCUT2D eigenvalue weighted by molar-refractivity contribution is 0.570. The number of hydrogen-bond acceptors (Lipinski definition) is 4. The van der Waals surface area contributed by atoms with E-state index in [0.29, 0.717) is 5.89 Å². The van der Waals surface area contributed by atoms with Crippen LogP contribution >= 0.6 is 27.5 Å². The van der Waals surface area contributed by atoms with E-state index < -0.39 is 0 Å².